The second-order valence-electron chi connectivity index (χ2n) is 8.27. The SMILES string of the molecule is CCCOc1ccc(C2C(C(=O)c3cccs3)=C(O)C(=O)N2c2nc(C)c(C(=O)OCC)s2)cc1OCC. The molecule has 3 heterocycles. The number of amides is 1. The molecule has 3 aromatic rings. The van der Waals surface area contributed by atoms with Gasteiger partial charge in [-0.1, -0.05) is 30.4 Å². The number of carbonyl (C=O) groups is 3. The Balaban J connectivity index is 1.86. The normalized spacial score (nSPS) is 15.2. The van der Waals surface area contributed by atoms with Crippen molar-refractivity contribution >= 4 is 45.5 Å². The van der Waals surface area contributed by atoms with Gasteiger partial charge in [0.05, 0.1) is 42.0 Å². The van der Waals surface area contributed by atoms with Crippen LogP contribution in [0.4, 0.5) is 5.13 Å². The summed E-state index contributed by atoms with van der Waals surface area (Å²) in [5, 5.41) is 12.9. The molecule has 0 aliphatic carbocycles. The van der Waals surface area contributed by atoms with E-state index in [-0.39, 0.29) is 22.2 Å². The molecule has 1 amide bonds. The Labute approximate surface area is 228 Å². The van der Waals surface area contributed by atoms with Gasteiger partial charge in [-0.2, -0.15) is 0 Å². The number of hydrogen-bond acceptors (Lipinski definition) is 10. The third kappa shape index (κ3) is 5.16. The van der Waals surface area contributed by atoms with E-state index in [9.17, 15) is 19.5 Å². The number of benzene rings is 1. The number of thiazole rings is 1. The predicted molar refractivity (Wildman–Crippen MR) is 145 cm³/mol. The molecule has 11 heteroatoms. The molecular formula is C27H28N2O7S2. The number of rotatable bonds is 11. The minimum atomic E-state index is -1.02. The highest BCUT2D eigenvalue weighted by atomic mass is 32.1. The Morgan fingerprint density at radius 3 is 2.55 bits per heavy atom. The number of hydrogen-bond donors (Lipinski definition) is 1. The van der Waals surface area contributed by atoms with Gasteiger partial charge in [0, 0.05) is 0 Å². The fourth-order valence-corrected chi connectivity index (χ4v) is 5.72. The van der Waals surface area contributed by atoms with Crippen molar-refractivity contribution in [2.75, 3.05) is 24.7 Å². The van der Waals surface area contributed by atoms with Gasteiger partial charge in [-0.25, -0.2) is 9.78 Å². The van der Waals surface area contributed by atoms with E-state index in [1.54, 1.807) is 49.6 Å². The summed E-state index contributed by atoms with van der Waals surface area (Å²) in [6.07, 6.45) is 0.806. The fourth-order valence-electron chi connectivity index (χ4n) is 4.06. The lowest BCUT2D eigenvalue weighted by atomic mass is 9.95. The highest BCUT2D eigenvalue weighted by molar-refractivity contribution is 7.17. The van der Waals surface area contributed by atoms with E-state index in [1.165, 1.54) is 16.2 Å². The first-order valence-electron chi connectivity index (χ1n) is 12.2. The lowest BCUT2D eigenvalue weighted by molar-refractivity contribution is -0.117. The van der Waals surface area contributed by atoms with Gasteiger partial charge in [0.25, 0.3) is 5.91 Å². The molecule has 1 unspecified atom stereocenters. The number of ether oxygens (including phenoxy) is 3. The molecule has 1 atom stereocenters. The van der Waals surface area contributed by atoms with E-state index in [4.69, 9.17) is 14.2 Å². The number of aromatic nitrogens is 1. The zero-order chi connectivity index (χ0) is 27.4. The first kappa shape index (κ1) is 27.3. The van der Waals surface area contributed by atoms with Gasteiger partial charge in [0.15, 0.2) is 22.4 Å². The van der Waals surface area contributed by atoms with Crippen molar-refractivity contribution in [3.8, 4) is 11.5 Å². The third-order valence-corrected chi connectivity index (χ3v) is 7.70. The molecule has 200 valence electrons. The molecule has 0 saturated heterocycles. The van der Waals surface area contributed by atoms with Crippen molar-refractivity contribution < 1.29 is 33.7 Å². The van der Waals surface area contributed by atoms with E-state index < -0.39 is 29.5 Å². The van der Waals surface area contributed by atoms with Crippen LogP contribution in [0.15, 0.2) is 47.0 Å². The summed E-state index contributed by atoms with van der Waals surface area (Å²) < 4.78 is 16.8. The molecule has 0 saturated carbocycles. The summed E-state index contributed by atoms with van der Waals surface area (Å²) in [6, 6.07) is 7.49. The number of thiophene rings is 1. The quantitative estimate of drug-likeness (QED) is 0.238. The van der Waals surface area contributed by atoms with Gasteiger partial charge in [0.2, 0.25) is 5.78 Å². The van der Waals surface area contributed by atoms with E-state index in [0.29, 0.717) is 40.8 Å². The maximum Gasteiger partial charge on any atom is 0.350 e. The highest BCUT2D eigenvalue weighted by Gasteiger charge is 2.46. The van der Waals surface area contributed by atoms with Crippen molar-refractivity contribution in [3.63, 3.8) is 0 Å². The van der Waals surface area contributed by atoms with Gasteiger partial charge in [-0.3, -0.25) is 14.5 Å². The number of esters is 1. The average Bonchev–Trinajstić information content (AvgIpc) is 3.62. The zero-order valence-corrected chi connectivity index (χ0v) is 23.1. The van der Waals surface area contributed by atoms with Crippen LogP contribution in [0.3, 0.4) is 0 Å². The molecule has 1 aromatic carbocycles. The van der Waals surface area contributed by atoms with Crippen LogP contribution in [0.5, 0.6) is 11.5 Å². The monoisotopic (exact) mass is 556 g/mol. The molecule has 1 aliphatic rings. The number of aliphatic hydroxyl groups excluding tert-OH is 1. The predicted octanol–water partition coefficient (Wildman–Crippen LogP) is 5.66. The third-order valence-electron chi connectivity index (χ3n) is 5.69. The lowest BCUT2D eigenvalue weighted by Gasteiger charge is -2.25. The van der Waals surface area contributed by atoms with Crippen LogP contribution in [-0.2, 0) is 9.53 Å². The fraction of sp³-hybridized carbons (Fsp3) is 0.333. The Morgan fingerprint density at radius 1 is 1.11 bits per heavy atom. The molecule has 38 heavy (non-hydrogen) atoms. The first-order valence-corrected chi connectivity index (χ1v) is 13.9. The summed E-state index contributed by atoms with van der Waals surface area (Å²) in [5.41, 5.74) is 0.818. The molecule has 9 nitrogen and oxygen atoms in total. The minimum absolute atomic E-state index is 0.0762. The summed E-state index contributed by atoms with van der Waals surface area (Å²) in [6.45, 7) is 8.22. The number of aliphatic hydroxyl groups is 1. The number of nitrogens with zero attached hydrogens (tertiary/aromatic N) is 2. The second kappa shape index (κ2) is 11.8. The Morgan fingerprint density at radius 2 is 1.89 bits per heavy atom. The van der Waals surface area contributed by atoms with Crippen LogP contribution >= 0.6 is 22.7 Å². The van der Waals surface area contributed by atoms with Crippen molar-refractivity contribution in [1.82, 2.24) is 4.98 Å². The van der Waals surface area contributed by atoms with Crippen LogP contribution in [0.2, 0.25) is 0 Å². The van der Waals surface area contributed by atoms with Crippen LogP contribution < -0.4 is 14.4 Å². The van der Waals surface area contributed by atoms with Gasteiger partial charge in [-0.05, 0) is 56.3 Å². The van der Waals surface area contributed by atoms with E-state index in [1.807, 2.05) is 13.8 Å². The number of aryl methyl sites for hydroxylation is 1. The Hall–Kier alpha value is -3.70. The standard InChI is InChI=1S/C27H28N2O7S2/c1-5-12-36-17-11-10-16(14-18(17)34-6-2)21-20(22(30)19-9-8-13-37-19)23(31)25(32)29(21)27-28-15(4)24(38-27)26(33)35-7-3/h8-11,13-14,21,31H,5-7,12H2,1-4H3. The molecular weight excluding hydrogens is 528 g/mol. The van der Waals surface area contributed by atoms with Crippen molar-refractivity contribution in [2.24, 2.45) is 0 Å². The highest BCUT2D eigenvalue weighted by Crippen LogP contribution is 2.45. The van der Waals surface area contributed by atoms with E-state index >= 15 is 0 Å². The average molecular weight is 557 g/mol. The molecule has 0 bridgehead atoms. The first-order chi connectivity index (χ1) is 18.3. The largest absolute Gasteiger partial charge is 0.503 e. The maximum absolute atomic E-state index is 13.6. The summed E-state index contributed by atoms with van der Waals surface area (Å²) in [7, 11) is 0. The van der Waals surface area contributed by atoms with Crippen LogP contribution in [0.25, 0.3) is 0 Å². The summed E-state index contributed by atoms with van der Waals surface area (Å²) in [4.78, 5) is 45.8. The molecule has 1 aliphatic heterocycles. The second-order valence-corrected chi connectivity index (χ2v) is 10.2. The van der Waals surface area contributed by atoms with Gasteiger partial charge in [-0.15, -0.1) is 11.3 Å². The van der Waals surface area contributed by atoms with E-state index in [0.717, 1.165) is 17.8 Å². The molecule has 1 N–H and O–H groups in total. The van der Waals surface area contributed by atoms with Gasteiger partial charge < -0.3 is 19.3 Å². The van der Waals surface area contributed by atoms with Crippen LogP contribution in [0, 0.1) is 6.92 Å². The van der Waals surface area contributed by atoms with Gasteiger partial charge in [0.1, 0.15) is 4.88 Å². The van der Waals surface area contributed by atoms with Crippen LogP contribution in [-0.4, -0.2) is 47.6 Å². The smallest absolute Gasteiger partial charge is 0.350 e. The van der Waals surface area contributed by atoms with Crippen molar-refractivity contribution in [2.45, 2.75) is 40.2 Å². The summed E-state index contributed by atoms with van der Waals surface area (Å²) >= 11 is 2.18. The Bertz CT molecular complexity index is 1380. The summed E-state index contributed by atoms with van der Waals surface area (Å²) in [5.74, 6) is -1.50. The Kier molecular flexibility index (Phi) is 8.48. The number of ketones is 1. The van der Waals surface area contributed by atoms with E-state index in [2.05, 4.69) is 4.98 Å². The minimum Gasteiger partial charge on any atom is -0.503 e. The molecule has 0 radical (unpaired) electrons. The van der Waals surface area contributed by atoms with Crippen LogP contribution in [0.1, 0.15) is 63.8 Å². The number of anilines is 1. The lowest BCUT2D eigenvalue weighted by Crippen LogP contribution is -2.31. The topological polar surface area (TPSA) is 115 Å². The number of Topliss-reactive ketones (excluding diaryl/α,β-unsaturated/α-hetero) is 1. The molecule has 2 aromatic heterocycles. The molecule has 0 fully saturated rings. The van der Waals surface area contributed by atoms with Crippen molar-refractivity contribution in [1.29, 1.82) is 0 Å². The number of carbonyl (C=O) groups excluding carboxylic acids is 3. The van der Waals surface area contributed by atoms with Crippen molar-refractivity contribution in [3.05, 3.63) is 68.1 Å². The maximum atomic E-state index is 13.6. The molecule has 0 spiro atoms. The van der Waals surface area contributed by atoms with Gasteiger partial charge >= 0.3 is 5.97 Å². The zero-order valence-electron chi connectivity index (χ0n) is 21.5. The molecule has 4 rings (SSSR count).